The summed E-state index contributed by atoms with van der Waals surface area (Å²) < 4.78 is 0. The number of aliphatic hydroxyl groups is 1. The van der Waals surface area contributed by atoms with E-state index >= 15 is 0 Å². The molecule has 0 fully saturated rings. The number of hydrogen-bond donors (Lipinski definition) is 2. The standard InChI is InChI=1S/C7H9NO2.C2H6/c1-5-2-3-7(10)6(4-9)8-5;1-2/h2-3,9-10H,4H2,1H3;1-2H3. The van der Waals surface area contributed by atoms with E-state index in [0.717, 1.165) is 5.69 Å². The molecular weight excluding hydrogens is 154 g/mol. The molecule has 0 bridgehead atoms. The maximum atomic E-state index is 9.01. The van der Waals surface area contributed by atoms with E-state index in [1.807, 2.05) is 13.8 Å². The number of aromatic nitrogens is 1. The van der Waals surface area contributed by atoms with Crippen LogP contribution in [-0.4, -0.2) is 15.2 Å². The van der Waals surface area contributed by atoms with Gasteiger partial charge in [0, 0.05) is 5.69 Å². The van der Waals surface area contributed by atoms with Crippen molar-refractivity contribution >= 4 is 0 Å². The van der Waals surface area contributed by atoms with E-state index in [4.69, 9.17) is 10.2 Å². The van der Waals surface area contributed by atoms with Crippen molar-refractivity contribution in [1.82, 2.24) is 4.98 Å². The number of aromatic hydroxyl groups is 1. The minimum atomic E-state index is -0.215. The Bertz CT molecular complexity index is 236. The number of aliphatic hydroxyl groups excluding tert-OH is 1. The molecule has 0 aliphatic heterocycles. The van der Waals surface area contributed by atoms with Crippen LogP contribution in [0.25, 0.3) is 0 Å². The van der Waals surface area contributed by atoms with E-state index in [-0.39, 0.29) is 12.4 Å². The van der Waals surface area contributed by atoms with Gasteiger partial charge in [0.15, 0.2) is 0 Å². The van der Waals surface area contributed by atoms with E-state index in [1.165, 1.54) is 6.07 Å². The Morgan fingerprint density at radius 1 is 1.33 bits per heavy atom. The van der Waals surface area contributed by atoms with Crippen LogP contribution in [0, 0.1) is 6.92 Å². The van der Waals surface area contributed by atoms with E-state index in [9.17, 15) is 0 Å². The van der Waals surface area contributed by atoms with Crippen molar-refractivity contribution in [2.45, 2.75) is 27.4 Å². The van der Waals surface area contributed by atoms with Gasteiger partial charge in [-0.2, -0.15) is 0 Å². The number of hydrogen-bond acceptors (Lipinski definition) is 3. The van der Waals surface area contributed by atoms with Gasteiger partial charge in [0.25, 0.3) is 0 Å². The van der Waals surface area contributed by atoms with Crippen molar-refractivity contribution in [1.29, 1.82) is 0 Å². The van der Waals surface area contributed by atoms with E-state index in [0.29, 0.717) is 5.69 Å². The van der Waals surface area contributed by atoms with Gasteiger partial charge in [-0.3, -0.25) is 4.98 Å². The van der Waals surface area contributed by atoms with Gasteiger partial charge < -0.3 is 10.2 Å². The molecule has 2 N–H and O–H groups in total. The summed E-state index contributed by atoms with van der Waals surface area (Å²) in [7, 11) is 0. The molecule has 0 unspecified atom stereocenters. The lowest BCUT2D eigenvalue weighted by Crippen LogP contribution is -1.91. The second-order valence-electron chi connectivity index (χ2n) is 2.08. The maximum absolute atomic E-state index is 9.01. The Kier molecular flexibility index (Phi) is 5.04. The molecule has 12 heavy (non-hydrogen) atoms. The van der Waals surface area contributed by atoms with Gasteiger partial charge in [-0.05, 0) is 19.1 Å². The number of rotatable bonds is 1. The van der Waals surface area contributed by atoms with Crippen LogP contribution in [0.1, 0.15) is 25.2 Å². The minimum Gasteiger partial charge on any atom is -0.506 e. The molecular formula is C9H15NO2. The Morgan fingerprint density at radius 2 is 1.92 bits per heavy atom. The SMILES string of the molecule is CC.Cc1ccc(O)c(CO)n1. The van der Waals surface area contributed by atoms with Crippen molar-refractivity contribution in [2.24, 2.45) is 0 Å². The van der Waals surface area contributed by atoms with E-state index in [2.05, 4.69) is 4.98 Å². The summed E-state index contributed by atoms with van der Waals surface area (Å²) in [6, 6.07) is 3.21. The van der Waals surface area contributed by atoms with Gasteiger partial charge in [-0.15, -0.1) is 0 Å². The fourth-order valence-electron chi connectivity index (χ4n) is 0.720. The zero-order valence-electron chi connectivity index (χ0n) is 7.70. The first-order valence-electron chi connectivity index (χ1n) is 4.00. The van der Waals surface area contributed by atoms with Gasteiger partial charge >= 0.3 is 0 Å². The Labute approximate surface area is 72.7 Å². The molecule has 1 heterocycles. The molecule has 0 saturated heterocycles. The summed E-state index contributed by atoms with van der Waals surface area (Å²) in [5.74, 6) is 0.0492. The average molecular weight is 169 g/mol. The Morgan fingerprint density at radius 3 is 2.33 bits per heavy atom. The monoisotopic (exact) mass is 169 g/mol. The van der Waals surface area contributed by atoms with Crippen LogP contribution in [0.4, 0.5) is 0 Å². The predicted molar refractivity (Wildman–Crippen MR) is 47.9 cm³/mol. The van der Waals surface area contributed by atoms with Crippen molar-refractivity contribution < 1.29 is 10.2 Å². The molecule has 1 rings (SSSR count). The highest BCUT2D eigenvalue weighted by Crippen LogP contribution is 2.13. The van der Waals surface area contributed by atoms with Crippen LogP contribution < -0.4 is 0 Å². The first-order valence-corrected chi connectivity index (χ1v) is 4.00. The fourth-order valence-corrected chi connectivity index (χ4v) is 0.720. The molecule has 0 radical (unpaired) electrons. The lowest BCUT2D eigenvalue weighted by Gasteiger charge is -1.99. The highest BCUT2D eigenvalue weighted by molar-refractivity contribution is 5.26. The topological polar surface area (TPSA) is 53.4 Å². The Hall–Kier alpha value is -1.09. The summed E-state index contributed by atoms with van der Waals surface area (Å²) in [4.78, 5) is 3.89. The molecule has 0 atom stereocenters. The molecule has 68 valence electrons. The third-order valence-electron chi connectivity index (χ3n) is 1.24. The molecule has 0 spiro atoms. The average Bonchev–Trinajstić information content (AvgIpc) is 2.13. The number of nitrogens with zero attached hydrogens (tertiary/aromatic N) is 1. The minimum absolute atomic E-state index is 0.0492. The zero-order chi connectivity index (χ0) is 9.56. The summed E-state index contributed by atoms with van der Waals surface area (Å²) in [6.07, 6.45) is 0. The first-order chi connectivity index (χ1) is 5.74. The third-order valence-corrected chi connectivity index (χ3v) is 1.24. The fraction of sp³-hybridized carbons (Fsp3) is 0.444. The molecule has 0 aliphatic rings. The maximum Gasteiger partial charge on any atom is 0.139 e. The highest BCUT2D eigenvalue weighted by atomic mass is 16.3. The molecule has 1 aromatic rings. The van der Waals surface area contributed by atoms with Crippen LogP contribution in [0.3, 0.4) is 0 Å². The van der Waals surface area contributed by atoms with Crippen LogP contribution >= 0.6 is 0 Å². The quantitative estimate of drug-likeness (QED) is 0.671. The molecule has 0 amide bonds. The molecule has 1 aromatic heterocycles. The van der Waals surface area contributed by atoms with Gasteiger partial charge in [-0.1, -0.05) is 13.8 Å². The van der Waals surface area contributed by atoms with Crippen LogP contribution in [-0.2, 0) is 6.61 Å². The highest BCUT2D eigenvalue weighted by Gasteiger charge is 1.99. The van der Waals surface area contributed by atoms with Crippen molar-refractivity contribution in [3.8, 4) is 5.75 Å². The van der Waals surface area contributed by atoms with E-state index < -0.39 is 0 Å². The largest absolute Gasteiger partial charge is 0.506 e. The number of aryl methyl sites for hydroxylation is 1. The summed E-state index contributed by atoms with van der Waals surface area (Å²) in [5.41, 5.74) is 1.13. The summed E-state index contributed by atoms with van der Waals surface area (Å²) in [6.45, 7) is 5.59. The lowest BCUT2D eigenvalue weighted by atomic mass is 10.3. The van der Waals surface area contributed by atoms with Gasteiger partial charge in [-0.25, -0.2) is 0 Å². The predicted octanol–water partition coefficient (Wildman–Crippen LogP) is 1.61. The Balaban J connectivity index is 0.000000561. The van der Waals surface area contributed by atoms with Crippen LogP contribution in [0.2, 0.25) is 0 Å². The van der Waals surface area contributed by atoms with E-state index in [1.54, 1.807) is 13.0 Å². The van der Waals surface area contributed by atoms with Crippen molar-refractivity contribution in [3.05, 3.63) is 23.5 Å². The molecule has 3 heteroatoms. The zero-order valence-corrected chi connectivity index (χ0v) is 7.70. The number of pyridine rings is 1. The summed E-state index contributed by atoms with van der Waals surface area (Å²) >= 11 is 0. The van der Waals surface area contributed by atoms with Crippen LogP contribution in [0.5, 0.6) is 5.75 Å². The molecule has 0 aliphatic carbocycles. The van der Waals surface area contributed by atoms with Crippen molar-refractivity contribution in [3.63, 3.8) is 0 Å². The van der Waals surface area contributed by atoms with Gasteiger partial charge in [0.05, 0.1) is 6.61 Å². The van der Waals surface area contributed by atoms with Crippen molar-refractivity contribution in [2.75, 3.05) is 0 Å². The van der Waals surface area contributed by atoms with Gasteiger partial charge in [0.2, 0.25) is 0 Å². The van der Waals surface area contributed by atoms with Gasteiger partial charge in [0.1, 0.15) is 11.4 Å². The molecule has 0 saturated carbocycles. The molecule has 0 aromatic carbocycles. The van der Waals surface area contributed by atoms with Crippen LogP contribution in [0.15, 0.2) is 12.1 Å². The summed E-state index contributed by atoms with van der Waals surface area (Å²) in [5, 5.41) is 17.6. The molecule has 3 nitrogen and oxygen atoms in total. The first kappa shape index (κ1) is 10.9. The lowest BCUT2D eigenvalue weighted by molar-refractivity contribution is 0.269. The smallest absolute Gasteiger partial charge is 0.139 e. The normalized spacial score (nSPS) is 8.67. The second kappa shape index (κ2) is 5.55. The third kappa shape index (κ3) is 2.88. The second-order valence-corrected chi connectivity index (χ2v) is 2.08.